The number of para-hydroxylation sites is 1. The Labute approximate surface area is 145 Å². The maximum absolute atomic E-state index is 13.1. The van der Waals surface area contributed by atoms with E-state index >= 15 is 0 Å². The molecule has 0 unspecified atom stereocenters. The highest BCUT2D eigenvalue weighted by atomic mass is 32.2. The average Bonchev–Trinajstić information content (AvgIpc) is 2.59. The number of carbonyl (C=O) groups is 1. The lowest BCUT2D eigenvalue weighted by atomic mass is 9.95. The number of aromatic nitrogens is 1. The normalized spacial score (nSPS) is 19.5. The quantitative estimate of drug-likeness (QED) is 0.866. The summed E-state index contributed by atoms with van der Waals surface area (Å²) >= 11 is 1.78. The van der Waals surface area contributed by atoms with Gasteiger partial charge in [-0.2, -0.15) is 0 Å². The molecule has 0 fully saturated rings. The van der Waals surface area contributed by atoms with Crippen LogP contribution in [-0.2, 0) is 12.8 Å². The molecule has 1 aliphatic carbocycles. The molecule has 0 saturated heterocycles. The summed E-state index contributed by atoms with van der Waals surface area (Å²) in [5.41, 5.74) is 3.04. The van der Waals surface area contributed by atoms with Crippen LogP contribution in [0.15, 0.2) is 40.0 Å². The molecular weight excluding hydrogens is 320 g/mol. The van der Waals surface area contributed by atoms with Gasteiger partial charge in [-0.1, -0.05) is 19.1 Å². The van der Waals surface area contributed by atoms with Gasteiger partial charge in [-0.05, 0) is 49.4 Å². The number of fused-ring (bicyclic) bond motifs is 2. The standard InChI is InChI=1S/C19H20N2O2S/c1-12-11-21(16-8-4-5-9-17(16)24-12)19(23)14-10-13-6-2-3-7-15(13)20-18(14)22/h4-5,8-10,12H,2-3,6-7,11H2,1H3,(H,20,22)/t12-/m0/s1. The number of pyridine rings is 1. The molecule has 4 nitrogen and oxygen atoms in total. The third kappa shape index (κ3) is 2.67. The van der Waals surface area contributed by atoms with E-state index in [2.05, 4.69) is 11.9 Å². The summed E-state index contributed by atoms with van der Waals surface area (Å²) in [5, 5.41) is 0.306. The van der Waals surface area contributed by atoms with Gasteiger partial charge in [-0.25, -0.2) is 0 Å². The summed E-state index contributed by atoms with van der Waals surface area (Å²) < 4.78 is 0. The number of thioether (sulfide) groups is 1. The molecule has 4 rings (SSSR count). The highest BCUT2D eigenvalue weighted by Crippen LogP contribution is 2.38. The lowest BCUT2D eigenvalue weighted by Gasteiger charge is -2.32. The number of amides is 1. The molecule has 0 radical (unpaired) electrons. The van der Waals surface area contributed by atoms with E-state index in [1.165, 1.54) is 0 Å². The van der Waals surface area contributed by atoms with Gasteiger partial charge in [0.25, 0.3) is 11.5 Å². The first-order chi connectivity index (χ1) is 11.6. The predicted octanol–water partition coefficient (Wildman–Crippen LogP) is 3.39. The molecule has 1 amide bonds. The fourth-order valence-corrected chi connectivity index (χ4v) is 4.67. The van der Waals surface area contributed by atoms with Crippen LogP contribution in [0.25, 0.3) is 0 Å². The zero-order valence-electron chi connectivity index (χ0n) is 13.7. The van der Waals surface area contributed by atoms with Crippen molar-refractivity contribution in [2.24, 2.45) is 0 Å². The van der Waals surface area contributed by atoms with Gasteiger partial charge in [0.1, 0.15) is 5.56 Å². The van der Waals surface area contributed by atoms with Gasteiger partial charge in [0.2, 0.25) is 0 Å². The minimum absolute atomic E-state index is 0.191. The number of carbonyl (C=O) groups excluding carboxylic acids is 1. The zero-order chi connectivity index (χ0) is 16.7. The molecule has 1 aromatic carbocycles. The van der Waals surface area contributed by atoms with Gasteiger partial charge < -0.3 is 9.88 Å². The third-order valence-corrected chi connectivity index (χ3v) is 5.89. The van der Waals surface area contributed by atoms with Crippen molar-refractivity contribution >= 4 is 23.4 Å². The molecule has 0 bridgehead atoms. The lowest BCUT2D eigenvalue weighted by molar-refractivity contribution is 0.0984. The van der Waals surface area contributed by atoms with E-state index in [1.807, 2.05) is 30.3 Å². The number of hydrogen-bond acceptors (Lipinski definition) is 3. The number of aryl methyl sites for hydroxylation is 2. The van der Waals surface area contributed by atoms with E-state index in [4.69, 9.17) is 0 Å². The summed E-state index contributed by atoms with van der Waals surface area (Å²) in [6.45, 7) is 2.73. The van der Waals surface area contributed by atoms with E-state index in [1.54, 1.807) is 16.7 Å². The van der Waals surface area contributed by atoms with Crippen LogP contribution >= 0.6 is 11.8 Å². The van der Waals surface area contributed by atoms with Crippen molar-refractivity contribution < 1.29 is 4.79 Å². The van der Waals surface area contributed by atoms with Crippen molar-refractivity contribution in [3.63, 3.8) is 0 Å². The van der Waals surface area contributed by atoms with Gasteiger partial charge in [-0.15, -0.1) is 11.8 Å². The Morgan fingerprint density at radius 3 is 2.92 bits per heavy atom. The first kappa shape index (κ1) is 15.5. The van der Waals surface area contributed by atoms with E-state index in [-0.39, 0.29) is 17.0 Å². The topological polar surface area (TPSA) is 53.2 Å². The predicted molar refractivity (Wildman–Crippen MR) is 97.1 cm³/mol. The summed E-state index contributed by atoms with van der Waals surface area (Å²) in [5.74, 6) is -0.191. The van der Waals surface area contributed by atoms with Gasteiger partial charge >= 0.3 is 0 Å². The summed E-state index contributed by atoms with van der Waals surface area (Å²) in [7, 11) is 0. The zero-order valence-corrected chi connectivity index (χ0v) is 14.5. The van der Waals surface area contributed by atoms with Crippen molar-refractivity contribution in [2.45, 2.75) is 42.8 Å². The fraction of sp³-hybridized carbons (Fsp3) is 0.368. The van der Waals surface area contributed by atoms with Gasteiger partial charge in [0.05, 0.1) is 5.69 Å². The molecule has 0 saturated carbocycles. The molecule has 0 spiro atoms. The number of nitrogens with zero attached hydrogens (tertiary/aromatic N) is 1. The smallest absolute Gasteiger partial charge is 0.263 e. The minimum Gasteiger partial charge on any atom is -0.325 e. The van der Waals surface area contributed by atoms with Crippen LogP contribution in [0.1, 0.15) is 41.4 Å². The number of anilines is 1. The second-order valence-electron chi connectivity index (χ2n) is 6.53. The van der Waals surface area contributed by atoms with Gasteiger partial charge in [0, 0.05) is 22.4 Å². The number of rotatable bonds is 1. The van der Waals surface area contributed by atoms with Crippen LogP contribution in [0.4, 0.5) is 5.69 Å². The van der Waals surface area contributed by atoms with Crippen LogP contribution in [0, 0.1) is 0 Å². The first-order valence-electron chi connectivity index (χ1n) is 8.46. The van der Waals surface area contributed by atoms with Crippen LogP contribution in [0.3, 0.4) is 0 Å². The molecule has 1 aromatic heterocycles. The Morgan fingerprint density at radius 1 is 1.25 bits per heavy atom. The molecule has 2 heterocycles. The van der Waals surface area contributed by atoms with Crippen molar-refractivity contribution in [1.29, 1.82) is 0 Å². The van der Waals surface area contributed by atoms with Crippen LogP contribution < -0.4 is 10.5 Å². The van der Waals surface area contributed by atoms with Gasteiger partial charge in [-0.3, -0.25) is 9.59 Å². The van der Waals surface area contributed by atoms with Crippen LogP contribution in [0.2, 0.25) is 0 Å². The third-order valence-electron chi connectivity index (χ3n) is 4.74. The fourth-order valence-electron chi connectivity index (χ4n) is 3.56. The summed E-state index contributed by atoms with van der Waals surface area (Å²) in [4.78, 5) is 31.4. The minimum atomic E-state index is -0.260. The Morgan fingerprint density at radius 2 is 2.04 bits per heavy atom. The average molecular weight is 340 g/mol. The van der Waals surface area contributed by atoms with E-state index in [9.17, 15) is 9.59 Å². The van der Waals surface area contributed by atoms with Crippen molar-refractivity contribution in [2.75, 3.05) is 11.4 Å². The highest BCUT2D eigenvalue weighted by Gasteiger charge is 2.29. The van der Waals surface area contributed by atoms with E-state index in [0.717, 1.165) is 47.5 Å². The van der Waals surface area contributed by atoms with Crippen molar-refractivity contribution in [3.05, 3.63) is 57.5 Å². The van der Waals surface area contributed by atoms with Crippen LogP contribution in [0.5, 0.6) is 0 Å². The van der Waals surface area contributed by atoms with Crippen molar-refractivity contribution in [1.82, 2.24) is 4.98 Å². The molecule has 2 aromatic rings. The molecule has 1 aliphatic heterocycles. The molecule has 124 valence electrons. The van der Waals surface area contributed by atoms with Crippen molar-refractivity contribution in [3.8, 4) is 0 Å². The SMILES string of the molecule is C[C@H]1CN(C(=O)c2cc3c([nH]c2=O)CCCC3)c2ccccc2S1. The van der Waals surface area contributed by atoms with Crippen LogP contribution in [-0.4, -0.2) is 22.7 Å². The number of hydrogen-bond donors (Lipinski definition) is 1. The Kier molecular flexibility index (Phi) is 3.96. The second kappa shape index (κ2) is 6.13. The Bertz CT molecular complexity index is 859. The maximum atomic E-state index is 13.1. The Hall–Kier alpha value is -2.01. The second-order valence-corrected chi connectivity index (χ2v) is 8.02. The van der Waals surface area contributed by atoms with Gasteiger partial charge in [0.15, 0.2) is 0 Å². The number of H-pyrrole nitrogens is 1. The summed E-state index contributed by atoms with van der Waals surface area (Å²) in [6, 6.07) is 9.74. The Balaban J connectivity index is 1.76. The first-order valence-corrected chi connectivity index (χ1v) is 9.34. The molecule has 2 aliphatic rings. The highest BCUT2D eigenvalue weighted by molar-refractivity contribution is 8.00. The molecule has 5 heteroatoms. The number of benzene rings is 1. The summed E-state index contributed by atoms with van der Waals surface area (Å²) in [6.07, 6.45) is 4.06. The van der Waals surface area contributed by atoms with E-state index < -0.39 is 0 Å². The molecule has 1 N–H and O–H groups in total. The number of aromatic amines is 1. The molecular formula is C19H20N2O2S. The van der Waals surface area contributed by atoms with E-state index in [0.29, 0.717) is 11.8 Å². The number of nitrogens with one attached hydrogen (secondary N) is 1. The maximum Gasteiger partial charge on any atom is 0.263 e. The molecule has 24 heavy (non-hydrogen) atoms. The lowest BCUT2D eigenvalue weighted by Crippen LogP contribution is -2.41. The monoisotopic (exact) mass is 340 g/mol. The molecule has 1 atom stereocenters. The largest absolute Gasteiger partial charge is 0.325 e.